The van der Waals surface area contributed by atoms with Gasteiger partial charge in [0.05, 0.1) is 18.0 Å². The molecule has 0 spiro atoms. The molecule has 1 amide bonds. The van der Waals surface area contributed by atoms with Crippen molar-refractivity contribution < 1.29 is 13.2 Å². The molecule has 1 unspecified atom stereocenters. The van der Waals surface area contributed by atoms with Gasteiger partial charge in [-0.3, -0.25) is 14.0 Å². The Morgan fingerprint density at radius 1 is 0.861 bits per heavy atom. The monoisotopic (exact) mass is 525 g/mol. The Hall–Kier alpha value is -2.87. The van der Waals surface area contributed by atoms with E-state index < -0.39 is 16.1 Å². The van der Waals surface area contributed by atoms with Gasteiger partial charge < -0.3 is 4.90 Å². The quantitative estimate of drug-likeness (QED) is 0.423. The molecule has 0 bridgehead atoms. The van der Waals surface area contributed by atoms with Gasteiger partial charge in [-0.25, -0.2) is 8.42 Å². The standard InChI is InChI=1S/C28H32ClN3O3S/c1-3-26(32(36(2,34)35)25-16-14-24(29)15-17-25)28(33)31-20-18-30(19-21-31)27(22-10-6-4-7-11-22)23-12-8-5-9-13-23/h4-17,26-27H,3,18-21H2,1-2H3. The van der Waals surface area contributed by atoms with Crippen molar-refractivity contribution in [2.75, 3.05) is 36.7 Å². The lowest BCUT2D eigenvalue weighted by atomic mass is 9.96. The zero-order valence-electron chi connectivity index (χ0n) is 20.6. The number of anilines is 1. The highest BCUT2D eigenvalue weighted by atomic mass is 35.5. The van der Waals surface area contributed by atoms with Crippen LogP contribution in [-0.4, -0.2) is 62.6 Å². The van der Waals surface area contributed by atoms with E-state index in [1.165, 1.54) is 15.4 Å². The average molecular weight is 526 g/mol. The van der Waals surface area contributed by atoms with E-state index in [4.69, 9.17) is 11.6 Å². The molecule has 1 aliphatic heterocycles. The Bertz CT molecular complexity index is 1210. The highest BCUT2D eigenvalue weighted by Crippen LogP contribution is 2.30. The number of carbonyl (C=O) groups excluding carboxylic acids is 1. The van der Waals surface area contributed by atoms with Crippen molar-refractivity contribution in [2.45, 2.75) is 25.4 Å². The van der Waals surface area contributed by atoms with Gasteiger partial charge in [0.1, 0.15) is 6.04 Å². The first-order chi connectivity index (χ1) is 17.3. The van der Waals surface area contributed by atoms with E-state index in [1.54, 1.807) is 29.2 Å². The van der Waals surface area contributed by atoms with Crippen molar-refractivity contribution in [1.82, 2.24) is 9.80 Å². The maximum Gasteiger partial charge on any atom is 0.246 e. The maximum atomic E-state index is 13.6. The van der Waals surface area contributed by atoms with Crippen LogP contribution < -0.4 is 4.31 Å². The summed E-state index contributed by atoms with van der Waals surface area (Å²) in [4.78, 5) is 17.8. The molecule has 0 N–H and O–H groups in total. The van der Waals surface area contributed by atoms with Crippen LogP contribution in [-0.2, 0) is 14.8 Å². The second-order valence-corrected chi connectivity index (χ2v) is 11.3. The molecule has 1 saturated heterocycles. The van der Waals surface area contributed by atoms with E-state index in [-0.39, 0.29) is 11.9 Å². The first-order valence-corrected chi connectivity index (χ1v) is 14.4. The van der Waals surface area contributed by atoms with Crippen LogP contribution in [0.3, 0.4) is 0 Å². The van der Waals surface area contributed by atoms with Crippen molar-refractivity contribution in [1.29, 1.82) is 0 Å². The first kappa shape index (κ1) is 26.2. The molecule has 8 heteroatoms. The predicted octanol–water partition coefficient (Wildman–Crippen LogP) is 4.82. The normalized spacial score (nSPS) is 15.6. The van der Waals surface area contributed by atoms with Gasteiger partial charge in [0.15, 0.2) is 0 Å². The molecule has 6 nitrogen and oxygen atoms in total. The molecule has 0 aliphatic carbocycles. The Balaban J connectivity index is 1.53. The number of carbonyl (C=O) groups is 1. The topological polar surface area (TPSA) is 60.9 Å². The van der Waals surface area contributed by atoms with Crippen molar-refractivity contribution in [2.24, 2.45) is 0 Å². The minimum absolute atomic E-state index is 0.0909. The van der Waals surface area contributed by atoms with Crippen LogP contribution in [0.25, 0.3) is 0 Å². The summed E-state index contributed by atoms with van der Waals surface area (Å²) in [6.45, 7) is 4.29. The summed E-state index contributed by atoms with van der Waals surface area (Å²) in [5.41, 5.74) is 2.86. The second-order valence-electron chi connectivity index (χ2n) is 9.04. The van der Waals surface area contributed by atoms with Crippen LogP contribution in [0.4, 0.5) is 5.69 Å². The molecule has 190 valence electrons. The molecule has 3 aromatic carbocycles. The number of rotatable bonds is 8. The number of amides is 1. The van der Waals surface area contributed by atoms with Gasteiger partial charge in [-0.2, -0.15) is 0 Å². The molecule has 4 rings (SSSR count). The van der Waals surface area contributed by atoms with Crippen LogP contribution >= 0.6 is 11.6 Å². The molecular formula is C28H32ClN3O3S. The lowest BCUT2D eigenvalue weighted by molar-refractivity contribution is -0.134. The predicted molar refractivity (Wildman–Crippen MR) is 146 cm³/mol. The molecule has 1 aliphatic rings. The number of benzene rings is 3. The highest BCUT2D eigenvalue weighted by molar-refractivity contribution is 7.92. The fourth-order valence-electron chi connectivity index (χ4n) is 4.93. The van der Waals surface area contributed by atoms with Crippen molar-refractivity contribution >= 4 is 33.2 Å². The Morgan fingerprint density at radius 2 is 1.36 bits per heavy atom. The summed E-state index contributed by atoms with van der Waals surface area (Å²) in [6, 6.07) is 26.6. The van der Waals surface area contributed by atoms with E-state index in [2.05, 4.69) is 29.2 Å². The fraction of sp³-hybridized carbons (Fsp3) is 0.321. The summed E-state index contributed by atoms with van der Waals surface area (Å²) in [7, 11) is -3.69. The largest absolute Gasteiger partial charge is 0.338 e. The van der Waals surface area contributed by atoms with Crippen molar-refractivity contribution in [3.8, 4) is 0 Å². The second kappa shape index (κ2) is 11.5. The van der Waals surface area contributed by atoms with Gasteiger partial charge >= 0.3 is 0 Å². The van der Waals surface area contributed by atoms with E-state index >= 15 is 0 Å². The Labute approximate surface area is 219 Å². The van der Waals surface area contributed by atoms with Gasteiger partial charge in [-0.05, 0) is 41.8 Å². The van der Waals surface area contributed by atoms with E-state index in [9.17, 15) is 13.2 Å². The highest BCUT2D eigenvalue weighted by Gasteiger charge is 2.36. The average Bonchev–Trinajstić information content (AvgIpc) is 2.89. The number of hydrogen-bond donors (Lipinski definition) is 0. The number of sulfonamides is 1. The molecule has 36 heavy (non-hydrogen) atoms. The smallest absolute Gasteiger partial charge is 0.246 e. The van der Waals surface area contributed by atoms with Crippen molar-refractivity contribution in [3.05, 3.63) is 101 Å². The van der Waals surface area contributed by atoms with Gasteiger partial charge in [0.25, 0.3) is 0 Å². The van der Waals surface area contributed by atoms with Crippen molar-refractivity contribution in [3.63, 3.8) is 0 Å². The molecule has 3 aromatic rings. The summed E-state index contributed by atoms with van der Waals surface area (Å²) < 4.78 is 26.8. The fourth-order valence-corrected chi connectivity index (χ4v) is 6.26. The molecule has 0 saturated carbocycles. The van der Waals surface area contributed by atoms with Gasteiger partial charge in [-0.1, -0.05) is 79.2 Å². The molecule has 1 atom stereocenters. The SMILES string of the molecule is CCC(C(=O)N1CCN(C(c2ccccc2)c2ccccc2)CC1)N(c1ccc(Cl)cc1)S(C)(=O)=O. The van der Waals surface area contributed by atoms with Gasteiger partial charge in [0.2, 0.25) is 15.9 Å². The van der Waals surface area contributed by atoms with Crippen LogP contribution in [0, 0.1) is 0 Å². The number of halogens is 1. The molecule has 0 aromatic heterocycles. The summed E-state index contributed by atoms with van der Waals surface area (Å²) in [6.07, 6.45) is 1.51. The summed E-state index contributed by atoms with van der Waals surface area (Å²) in [5.74, 6) is -0.173. The van der Waals surface area contributed by atoms with Crippen LogP contribution in [0.2, 0.25) is 5.02 Å². The van der Waals surface area contributed by atoms with Crippen LogP contribution in [0.1, 0.15) is 30.5 Å². The third kappa shape index (κ3) is 5.91. The molecule has 1 heterocycles. The third-order valence-electron chi connectivity index (χ3n) is 6.61. The zero-order valence-corrected chi connectivity index (χ0v) is 22.2. The summed E-state index contributed by atoms with van der Waals surface area (Å²) in [5, 5.41) is 0.508. The molecular weight excluding hydrogens is 494 g/mol. The number of piperazine rings is 1. The minimum Gasteiger partial charge on any atom is -0.338 e. The Kier molecular flexibility index (Phi) is 8.34. The number of nitrogens with zero attached hydrogens (tertiary/aromatic N) is 3. The number of hydrogen-bond acceptors (Lipinski definition) is 4. The Morgan fingerprint density at radius 3 is 1.81 bits per heavy atom. The molecule has 0 radical (unpaired) electrons. The lowest BCUT2D eigenvalue weighted by Gasteiger charge is -2.41. The molecule has 1 fully saturated rings. The minimum atomic E-state index is -3.69. The third-order valence-corrected chi connectivity index (χ3v) is 8.05. The zero-order chi connectivity index (χ0) is 25.7. The van der Waals surface area contributed by atoms with Gasteiger partial charge in [-0.15, -0.1) is 0 Å². The van der Waals surface area contributed by atoms with Gasteiger partial charge in [0, 0.05) is 31.2 Å². The summed E-state index contributed by atoms with van der Waals surface area (Å²) >= 11 is 6.01. The van der Waals surface area contributed by atoms with Crippen LogP contribution in [0.15, 0.2) is 84.9 Å². The van der Waals surface area contributed by atoms with Crippen LogP contribution in [0.5, 0.6) is 0 Å². The maximum absolute atomic E-state index is 13.6. The van der Waals surface area contributed by atoms with E-state index in [0.717, 1.165) is 6.26 Å². The van der Waals surface area contributed by atoms with E-state index in [1.807, 2.05) is 43.3 Å². The van der Waals surface area contributed by atoms with E-state index in [0.29, 0.717) is 43.3 Å². The lowest BCUT2D eigenvalue weighted by Crippen LogP contribution is -2.56. The first-order valence-electron chi connectivity index (χ1n) is 12.2.